The SMILES string of the molecule is CCC1CN(C2=Nc3ccccc3Sc3ccc(F)cc32)CCN1C(=O)O. The molecule has 1 amide bonds. The van der Waals surface area contributed by atoms with Gasteiger partial charge in [0.05, 0.1) is 11.7 Å². The Balaban J connectivity index is 1.77. The Morgan fingerprint density at radius 3 is 2.85 bits per heavy atom. The van der Waals surface area contributed by atoms with Crippen molar-refractivity contribution in [2.75, 3.05) is 19.6 Å². The molecular formula is C20H20FN3O2S. The topological polar surface area (TPSA) is 56.1 Å². The van der Waals surface area contributed by atoms with Crippen molar-refractivity contribution in [3.8, 4) is 0 Å². The number of aliphatic imine (C=N–C) groups is 1. The van der Waals surface area contributed by atoms with Crippen LogP contribution in [-0.2, 0) is 0 Å². The van der Waals surface area contributed by atoms with Crippen molar-refractivity contribution in [2.45, 2.75) is 29.2 Å². The van der Waals surface area contributed by atoms with Gasteiger partial charge in [0.1, 0.15) is 11.7 Å². The smallest absolute Gasteiger partial charge is 0.407 e. The van der Waals surface area contributed by atoms with Gasteiger partial charge in [0.15, 0.2) is 0 Å². The predicted octanol–water partition coefficient (Wildman–Crippen LogP) is 4.44. The maximum Gasteiger partial charge on any atom is 0.407 e. The molecule has 2 aliphatic rings. The number of fused-ring (bicyclic) bond motifs is 2. The lowest BCUT2D eigenvalue weighted by Gasteiger charge is -2.41. The van der Waals surface area contributed by atoms with Crippen LogP contribution in [0.3, 0.4) is 0 Å². The first-order valence-electron chi connectivity index (χ1n) is 8.97. The van der Waals surface area contributed by atoms with Gasteiger partial charge in [0, 0.05) is 35.0 Å². The maximum atomic E-state index is 14.0. The number of carbonyl (C=O) groups is 1. The van der Waals surface area contributed by atoms with Gasteiger partial charge in [0.2, 0.25) is 0 Å². The van der Waals surface area contributed by atoms with Crippen molar-refractivity contribution in [1.82, 2.24) is 9.80 Å². The molecule has 0 bridgehead atoms. The van der Waals surface area contributed by atoms with E-state index in [1.165, 1.54) is 17.0 Å². The van der Waals surface area contributed by atoms with E-state index in [0.717, 1.165) is 27.5 Å². The molecule has 2 heterocycles. The fourth-order valence-electron chi connectivity index (χ4n) is 3.58. The number of hydrogen-bond donors (Lipinski definition) is 1. The molecule has 0 radical (unpaired) electrons. The molecular weight excluding hydrogens is 365 g/mol. The van der Waals surface area contributed by atoms with Crippen molar-refractivity contribution in [3.63, 3.8) is 0 Å². The highest BCUT2D eigenvalue weighted by molar-refractivity contribution is 7.99. The van der Waals surface area contributed by atoms with E-state index in [9.17, 15) is 14.3 Å². The van der Waals surface area contributed by atoms with Gasteiger partial charge in [-0.2, -0.15) is 0 Å². The zero-order valence-corrected chi connectivity index (χ0v) is 15.7. The summed E-state index contributed by atoms with van der Waals surface area (Å²) in [4.78, 5) is 21.9. The summed E-state index contributed by atoms with van der Waals surface area (Å²) in [6.45, 7) is 3.47. The summed E-state index contributed by atoms with van der Waals surface area (Å²) in [5, 5.41) is 9.43. The highest BCUT2D eigenvalue weighted by Crippen LogP contribution is 2.41. The summed E-state index contributed by atoms with van der Waals surface area (Å²) < 4.78 is 14.0. The number of hydrogen-bond acceptors (Lipinski definition) is 4. The summed E-state index contributed by atoms with van der Waals surface area (Å²) in [6.07, 6.45) is -0.172. The van der Waals surface area contributed by atoms with Crippen molar-refractivity contribution in [2.24, 2.45) is 4.99 Å². The van der Waals surface area contributed by atoms with Gasteiger partial charge < -0.3 is 14.9 Å². The van der Waals surface area contributed by atoms with E-state index in [2.05, 4.69) is 4.90 Å². The van der Waals surface area contributed by atoms with Crippen LogP contribution in [0.5, 0.6) is 0 Å². The highest BCUT2D eigenvalue weighted by atomic mass is 32.2. The Hall–Kier alpha value is -2.54. The number of amidine groups is 1. The van der Waals surface area contributed by atoms with Gasteiger partial charge in [-0.3, -0.25) is 0 Å². The molecule has 2 aromatic rings. The molecule has 2 aromatic carbocycles. The van der Waals surface area contributed by atoms with Crippen LogP contribution < -0.4 is 0 Å². The molecule has 1 fully saturated rings. The van der Waals surface area contributed by atoms with Crippen molar-refractivity contribution < 1.29 is 14.3 Å². The molecule has 1 saturated heterocycles. The molecule has 1 atom stereocenters. The lowest BCUT2D eigenvalue weighted by Crippen LogP contribution is -2.56. The number of para-hydroxylation sites is 1. The fourth-order valence-corrected chi connectivity index (χ4v) is 4.58. The molecule has 140 valence electrons. The van der Waals surface area contributed by atoms with E-state index in [-0.39, 0.29) is 11.9 Å². The van der Waals surface area contributed by atoms with Crippen LogP contribution in [0, 0.1) is 5.82 Å². The van der Waals surface area contributed by atoms with Gasteiger partial charge in [-0.05, 0) is 36.8 Å². The van der Waals surface area contributed by atoms with E-state index in [1.807, 2.05) is 31.2 Å². The normalized spacial score (nSPS) is 19.0. The summed E-state index contributed by atoms with van der Waals surface area (Å²) in [7, 11) is 0. The van der Waals surface area contributed by atoms with Crippen molar-refractivity contribution >= 4 is 29.4 Å². The number of nitrogens with zero attached hydrogens (tertiary/aromatic N) is 3. The lowest BCUT2D eigenvalue weighted by molar-refractivity contribution is 0.0887. The Bertz CT molecular complexity index is 918. The molecule has 7 heteroatoms. The second-order valence-electron chi connectivity index (χ2n) is 6.63. The van der Waals surface area contributed by atoms with Gasteiger partial charge in [-0.25, -0.2) is 14.2 Å². The van der Waals surface area contributed by atoms with E-state index >= 15 is 0 Å². The van der Waals surface area contributed by atoms with E-state index < -0.39 is 6.09 Å². The molecule has 1 N–H and O–H groups in total. The molecule has 4 rings (SSSR count). The predicted molar refractivity (Wildman–Crippen MR) is 104 cm³/mol. The third kappa shape index (κ3) is 3.39. The van der Waals surface area contributed by atoms with Gasteiger partial charge >= 0.3 is 6.09 Å². The number of carboxylic acid groups (broad SMARTS) is 1. The average molecular weight is 385 g/mol. The summed E-state index contributed by atoms with van der Waals surface area (Å²) in [5.74, 6) is 0.412. The number of piperazine rings is 1. The van der Waals surface area contributed by atoms with E-state index in [4.69, 9.17) is 4.99 Å². The average Bonchev–Trinajstić information content (AvgIpc) is 2.84. The van der Waals surface area contributed by atoms with Crippen molar-refractivity contribution in [3.05, 3.63) is 53.8 Å². The second-order valence-corrected chi connectivity index (χ2v) is 7.71. The zero-order valence-electron chi connectivity index (χ0n) is 14.9. The van der Waals surface area contributed by atoms with Crippen LogP contribution in [0.25, 0.3) is 0 Å². The number of rotatable bonds is 1. The minimum atomic E-state index is -0.892. The fraction of sp³-hybridized carbons (Fsp3) is 0.300. The van der Waals surface area contributed by atoms with E-state index in [0.29, 0.717) is 25.5 Å². The highest BCUT2D eigenvalue weighted by Gasteiger charge is 2.32. The summed E-state index contributed by atoms with van der Waals surface area (Å²) in [5.41, 5.74) is 1.61. The Labute approximate surface area is 161 Å². The first-order chi connectivity index (χ1) is 13.1. The summed E-state index contributed by atoms with van der Waals surface area (Å²) in [6, 6.07) is 12.5. The third-order valence-corrected chi connectivity index (χ3v) is 6.13. The Morgan fingerprint density at radius 2 is 2.07 bits per heavy atom. The largest absolute Gasteiger partial charge is 0.465 e. The monoisotopic (exact) mass is 385 g/mol. The minimum Gasteiger partial charge on any atom is -0.465 e. The number of benzene rings is 2. The molecule has 0 spiro atoms. The van der Waals surface area contributed by atoms with Crippen LogP contribution in [-0.4, -0.2) is 52.5 Å². The van der Waals surface area contributed by atoms with E-state index in [1.54, 1.807) is 17.8 Å². The Kier molecular flexibility index (Phi) is 4.78. The number of halogens is 1. The molecule has 27 heavy (non-hydrogen) atoms. The lowest BCUT2D eigenvalue weighted by atomic mass is 10.1. The van der Waals surface area contributed by atoms with Gasteiger partial charge in [0.25, 0.3) is 0 Å². The van der Waals surface area contributed by atoms with Crippen LogP contribution in [0.2, 0.25) is 0 Å². The first kappa shape index (κ1) is 17.9. The molecule has 0 aromatic heterocycles. The molecule has 2 aliphatic heterocycles. The van der Waals surface area contributed by atoms with Crippen LogP contribution in [0.1, 0.15) is 18.9 Å². The molecule has 5 nitrogen and oxygen atoms in total. The molecule has 1 unspecified atom stereocenters. The second kappa shape index (κ2) is 7.23. The molecule has 0 aliphatic carbocycles. The van der Waals surface area contributed by atoms with Crippen LogP contribution in [0.4, 0.5) is 14.9 Å². The Morgan fingerprint density at radius 1 is 1.26 bits per heavy atom. The van der Waals surface area contributed by atoms with Gasteiger partial charge in [-0.1, -0.05) is 30.8 Å². The molecule has 0 saturated carbocycles. The summed E-state index contributed by atoms with van der Waals surface area (Å²) >= 11 is 1.58. The quantitative estimate of drug-likeness (QED) is 0.788. The maximum absolute atomic E-state index is 14.0. The standard InChI is InChI=1S/C20H20FN3O2S/c1-2-14-12-23(9-10-24(14)20(25)26)19-15-11-13(21)7-8-17(15)27-18-6-4-3-5-16(18)22-19/h3-8,11,14H,2,9-10,12H2,1H3,(H,25,26). The van der Waals surface area contributed by atoms with Crippen LogP contribution in [0.15, 0.2) is 57.2 Å². The minimum absolute atomic E-state index is 0.109. The van der Waals surface area contributed by atoms with Crippen LogP contribution >= 0.6 is 11.8 Å². The zero-order chi connectivity index (χ0) is 19.0. The first-order valence-corrected chi connectivity index (χ1v) is 9.78. The van der Waals surface area contributed by atoms with Gasteiger partial charge in [-0.15, -0.1) is 0 Å². The van der Waals surface area contributed by atoms with Crippen molar-refractivity contribution in [1.29, 1.82) is 0 Å². The number of amides is 1. The third-order valence-electron chi connectivity index (χ3n) is 4.99.